The summed E-state index contributed by atoms with van der Waals surface area (Å²) in [4.78, 5) is 26.6. The van der Waals surface area contributed by atoms with Crippen LogP contribution >= 0.6 is 0 Å². The number of carbonyl (C=O) groups is 1. The lowest BCUT2D eigenvalue weighted by atomic mass is 10.1. The van der Waals surface area contributed by atoms with Gasteiger partial charge < -0.3 is 15.4 Å². The molecule has 4 rings (SSSR count). The number of benzene rings is 3. The number of carbonyl (C=O) groups excluding carboxylic acids is 1. The van der Waals surface area contributed by atoms with Crippen molar-refractivity contribution in [3.8, 4) is 5.75 Å². The summed E-state index contributed by atoms with van der Waals surface area (Å²) in [5, 5.41) is 11.5. The molecule has 0 radical (unpaired) electrons. The standard InChI is InChI=1S/C22H20N4O4/c1-29-18-10-6-14(7-11-18)12-19(20-25-22(28)30-26-20)24-21(27)23-17-9-8-15-4-2-3-5-16(15)13-17/h2-11,13,19H,12H2,1H3,(H2,23,24,27)(H,25,26,28). The fraction of sp³-hybridized carbons (Fsp3) is 0.136. The first-order chi connectivity index (χ1) is 14.6. The van der Waals surface area contributed by atoms with Crippen LogP contribution in [0.15, 0.2) is 76.0 Å². The predicted octanol–water partition coefficient (Wildman–Crippen LogP) is 3.63. The van der Waals surface area contributed by atoms with E-state index in [4.69, 9.17) is 4.74 Å². The lowest BCUT2D eigenvalue weighted by Gasteiger charge is -2.17. The Morgan fingerprint density at radius 1 is 1.10 bits per heavy atom. The number of aromatic nitrogens is 2. The Morgan fingerprint density at radius 3 is 2.57 bits per heavy atom. The van der Waals surface area contributed by atoms with Crippen LogP contribution in [0.3, 0.4) is 0 Å². The van der Waals surface area contributed by atoms with E-state index in [1.165, 1.54) is 0 Å². The molecular formula is C22H20N4O4. The molecule has 1 unspecified atom stereocenters. The van der Waals surface area contributed by atoms with Crippen LogP contribution in [0.4, 0.5) is 10.5 Å². The van der Waals surface area contributed by atoms with Gasteiger partial charge in [0.2, 0.25) is 0 Å². The highest BCUT2D eigenvalue weighted by Crippen LogP contribution is 2.20. The zero-order valence-electron chi connectivity index (χ0n) is 16.2. The first kappa shape index (κ1) is 19.3. The lowest BCUT2D eigenvalue weighted by Crippen LogP contribution is -2.34. The summed E-state index contributed by atoms with van der Waals surface area (Å²) in [6, 6.07) is 20.0. The van der Waals surface area contributed by atoms with Crippen LogP contribution in [0, 0.1) is 0 Å². The number of hydrogen-bond donors (Lipinski definition) is 3. The zero-order chi connectivity index (χ0) is 20.9. The van der Waals surface area contributed by atoms with Crippen molar-refractivity contribution >= 4 is 22.5 Å². The van der Waals surface area contributed by atoms with Gasteiger partial charge in [-0.25, -0.2) is 9.59 Å². The van der Waals surface area contributed by atoms with Crippen LogP contribution < -0.4 is 21.1 Å². The molecule has 0 aliphatic heterocycles. The number of H-pyrrole nitrogens is 1. The largest absolute Gasteiger partial charge is 0.497 e. The third kappa shape index (κ3) is 4.49. The van der Waals surface area contributed by atoms with E-state index in [9.17, 15) is 9.59 Å². The molecule has 1 heterocycles. The fourth-order valence-corrected chi connectivity index (χ4v) is 3.20. The minimum absolute atomic E-state index is 0.240. The molecule has 0 saturated heterocycles. The monoisotopic (exact) mass is 404 g/mol. The number of urea groups is 1. The smallest absolute Gasteiger partial charge is 0.438 e. The van der Waals surface area contributed by atoms with E-state index in [0.29, 0.717) is 12.1 Å². The zero-order valence-corrected chi connectivity index (χ0v) is 16.2. The van der Waals surface area contributed by atoms with E-state index in [0.717, 1.165) is 22.1 Å². The van der Waals surface area contributed by atoms with Gasteiger partial charge in [0.25, 0.3) is 0 Å². The van der Waals surface area contributed by atoms with Crippen LogP contribution in [-0.2, 0) is 6.42 Å². The van der Waals surface area contributed by atoms with Gasteiger partial charge in [0.15, 0.2) is 5.82 Å². The Labute approximate surface area is 171 Å². The Bertz CT molecular complexity index is 1210. The maximum Gasteiger partial charge on any atom is 0.438 e. The molecule has 8 heteroatoms. The summed E-state index contributed by atoms with van der Waals surface area (Å²) in [6.45, 7) is 0. The van der Waals surface area contributed by atoms with Crippen molar-refractivity contribution in [2.75, 3.05) is 12.4 Å². The maximum absolute atomic E-state index is 12.6. The minimum atomic E-state index is -0.679. The average molecular weight is 404 g/mol. The summed E-state index contributed by atoms with van der Waals surface area (Å²) in [5.74, 6) is 0.290. The molecule has 0 saturated carbocycles. The molecule has 3 N–H and O–H groups in total. The molecule has 3 aromatic carbocycles. The molecule has 1 aromatic heterocycles. The number of ether oxygens (including phenoxy) is 1. The highest BCUT2D eigenvalue weighted by atomic mass is 16.5. The number of fused-ring (bicyclic) bond motifs is 1. The van der Waals surface area contributed by atoms with Crippen LogP contribution in [0.5, 0.6) is 5.75 Å². The van der Waals surface area contributed by atoms with Crippen molar-refractivity contribution in [1.82, 2.24) is 15.5 Å². The molecule has 0 bridgehead atoms. The Kier molecular flexibility index (Phi) is 5.47. The number of hydrogen-bond acceptors (Lipinski definition) is 5. The molecule has 0 aliphatic rings. The Morgan fingerprint density at radius 2 is 1.87 bits per heavy atom. The number of amides is 2. The summed E-state index contributed by atoms with van der Waals surface area (Å²) in [7, 11) is 1.59. The molecule has 152 valence electrons. The van der Waals surface area contributed by atoms with Crippen LogP contribution in [-0.4, -0.2) is 23.3 Å². The normalized spacial score (nSPS) is 11.8. The van der Waals surface area contributed by atoms with Crippen molar-refractivity contribution in [3.63, 3.8) is 0 Å². The van der Waals surface area contributed by atoms with Crippen molar-refractivity contribution in [2.45, 2.75) is 12.5 Å². The van der Waals surface area contributed by atoms with Crippen molar-refractivity contribution < 1.29 is 14.1 Å². The van der Waals surface area contributed by atoms with Crippen LogP contribution in [0.25, 0.3) is 10.8 Å². The SMILES string of the molecule is COc1ccc(CC(NC(=O)Nc2ccc3ccccc3c2)c2noc(=O)[nH]2)cc1. The van der Waals surface area contributed by atoms with Crippen molar-refractivity contribution in [1.29, 1.82) is 0 Å². The van der Waals surface area contributed by atoms with E-state index in [-0.39, 0.29) is 5.82 Å². The molecule has 0 spiro atoms. The number of rotatable bonds is 6. The Balaban J connectivity index is 1.51. The molecule has 2 amide bonds. The molecule has 1 atom stereocenters. The summed E-state index contributed by atoms with van der Waals surface area (Å²) < 4.78 is 9.78. The molecule has 0 fully saturated rings. The van der Waals surface area contributed by atoms with Gasteiger partial charge in [-0.15, -0.1) is 0 Å². The minimum Gasteiger partial charge on any atom is -0.497 e. The number of nitrogens with one attached hydrogen (secondary N) is 3. The highest BCUT2D eigenvalue weighted by molar-refractivity contribution is 5.93. The first-order valence-corrected chi connectivity index (χ1v) is 9.36. The van der Waals surface area contributed by atoms with Gasteiger partial charge in [0, 0.05) is 12.1 Å². The number of anilines is 1. The van der Waals surface area contributed by atoms with Gasteiger partial charge in [0.1, 0.15) is 5.75 Å². The van der Waals surface area contributed by atoms with Gasteiger partial charge in [-0.05, 0) is 40.6 Å². The van der Waals surface area contributed by atoms with Gasteiger partial charge in [-0.2, -0.15) is 0 Å². The van der Waals surface area contributed by atoms with Gasteiger partial charge in [-0.1, -0.05) is 47.6 Å². The van der Waals surface area contributed by atoms with E-state index in [2.05, 4.69) is 25.3 Å². The molecule has 0 aliphatic carbocycles. The molecule has 30 heavy (non-hydrogen) atoms. The topological polar surface area (TPSA) is 109 Å². The van der Waals surface area contributed by atoms with Gasteiger partial charge in [-0.3, -0.25) is 9.51 Å². The van der Waals surface area contributed by atoms with Gasteiger partial charge in [0.05, 0.1) is 13.2 Å². The summed E-state index contributed by atoms with van der Waals surface area (Å²) >= 11 is 0. The van der Waals surface area contributed by atoms with E-state index < -0.39 is 17.8 Å². The Hall–Kier alpha value is -4.07. The quantitative estimate of drug-likeness (QED) is 0.455. The number of aromatic amines is 1. The molecule has 8 nitrogen and oxygen atoms in total. The lowest BCUT2D eigenvalue weighted by molar-refractivity contribution is 0.247. The van der Waals surface area contributed by atoms with Crippen molar-refractivity contribution in [2.24, 2.45) is 0 Å². The predicted molar refractivity (Wildman–Crippen MR) is 113 cm³/mol. The fourth-order valence-electron chi connectivity index (χ4n) is 3.20. The van der Waals surface area contributed by atoms with E-state index in [1.807, 2.05) is 66.7 Å². The highest BCUT2D eigenvalue weighted by Gasteiger charge is 2.20. The van der Waals surface area contributed by atoms with Crippen molar-refractivity contribution in [3.05, 3.63) is 88.7 Å². The van der Waals surface area contributed by atoms with Gasteiger partial charge >= 0.3 is 11.8 Å². The third-order valence-corrected chi connectivity index (χ3v) is 4.70. The average Bonchev–Trinajstić information content (AvgIpc) is 3.20. The number of methoxy groups -OCH3 is 1. The second kappa shape index (κ2) is 8.52. The summed E-state index contributed by atoms with van der Waals surface area (Å²) in [5.41, 5.74) is 1.58. The second-order valence-electron chi connectivity index (χ2n) is 6.75. The second-order valence-corrected chi connectivity index (χ2v) is 6.75. The first-order valence-electron chi connectivity index (χ1n) is 9.36. The third-order valence-electron chi connectivity index (χ3n) is 4.70. The summed E-state index contributed by atoms with van der Waals surface area (Å²) in [6.07, 6.45) is 0.400. The molecule has 4 aromatic rings. The van der Waals surface area contributed by atoms with Crippen LogP contribution in [0.2, 0.25) is 0 Å². The number of nitrogens with zero attached hydrogens (tertiary/aromatic N) is 1. The van der Waals surface area contributed by atoms with E-state index in [1.54, 1.807) is 7.11 Å². The maximum atomic E-state index is 12.6. The molecular weight excluding hydrogens is 384 g/mol. The van der Waals surface area contributed by atoms with E-state index >= 15 is 0 Å². The van der Waals surface area contributed by atoms with Crippen LogP contribution in [0.1, 0.15) is 17.4 Å².